The molecule has 82 valence electrons. The zero-order valence-corrected chi connectivity index (χ0v) is 9.63. The van der Waals surface area contributed by atoms with Crippen molar-refractivity contribution in [1.29, 1.82) is 0 Å². The minimum atomic E-state index is -3.01. The van der Waals surface area contributed by atoms with Gasteiger partial charge in [-0.05, 0) is 0 Å². The van der Waals surface area contributed by atoms with E-state index in [1.165, 1.54) is 0 Å². The van der Waals surface area contributed by atoms with Crippen LogP contribution in [0.3, 0.4) is 0 Å². The molecule has 0 spiro atoms. The molecule has 0 saturated carbocycles. The molecule has 0 aromatic rings. The predicted octanol–water partition coefficient (Wildman–Crippen LogP) is 0.0371. The molecular formula is C6H15Cl2NO3S. The number of nitrogens with two attached hydrogens (primary N) is 1. The zero-order valence-electron chi connectivity index (χ0n) is 7.24. The van der Waals surface area contributed by atoms with Gasteiger partial charge < -0.3 is 10.5 Å². The van der Waals surface area contributed by atoms with Crippen molar-refractivity contribution in [2.75, 3.05) is 37.1 Å². The molecule has 0 bridgehead atoms. The quantitative estimate of drug-likeness (QED) is 0.513. The molecule has 0 aromatic heterocycles. The molecule has 0 aromatic carbocycles. The van der Waals surface area contributed by atoms with Crippen LogP contribution in [0.1, 0.15) is 0 Å². The maximum absolute atomic E-state index is 11.0. The van der Waals surface area contributed by atoms with Crippen molar-refractivity contribution >= 4 is 33.8 Å². The van der Waals surface area contributed by atoms with Crippen LogP contribution in [-0.2, 0) is 14.6 Å². The highest BCUT2D eigenvalue weighted by molar-refractivity contribution is 7.91. The fourth-order valence-electron chi connectivity index (χ4n) is 0.591. The fourth-order valence-corrected chi connectivity index (χ4v) is 2.11. The first-order valence-corrected chi connectivity index (χ1v) is 6.02. The van der Waals surface area contributed by atoms with Gasteiger partial charge in [0.15, 0.2) is 9.84 Å². The Kier molecular flexibility index (Phi) is 11.0. The summed E-state index contributed by atoms with van der Waals surface area (Å²) in [5.41, 5.74) is 5.14. The molecule has 0 fully saturated rings. The van der Waals surface area contributed by atoms with Gasteiger partial charge in [-0.1, -0.05) is 0 Å². The Balaban J connectivity index is 0. The maximum Gasteiger partial charge on any atom is 0.153 e. The molecule has 2 N–H and O–H groups in total. The standard InChI is InChI=1S/C6H14ClNO3S.ClH/c7-1-5-12(9,10)6-4-11-3-2-8;/h1-6,8H2;1H. The molecule has 0 saturated heterocycles. The smallest absolute Gasteiger partial charge is 0.153 e. The van der Waals surface area contributed by atoms with Gasteiger partial charge in [-0.3, -0.25) is 0 Å². The highest BCUT2D eigenvalue weighted by Gasteiger charge is 2.08. The van der Waals surface area contributed by atoms with E-state index in [4.69, 9.17) is 22.1 Å². The van der Waals surface area contributed by atoms with Crippen molar-refractivity contribution < 1.29 is 13.2 Å². The second-order valence-corrected chi connectivity index (χ2v) is 4.92. The van der Waals surface area contributed by atoms with Crippen LogP contribution in [0.25, 0.3) is 0 Å². The lowest BCUT2D eigenvalue weighted by Gasteiger charge is -2.02. The van der Waals surface area contributed by atoms with E-state index in [9.17, 15) is 8.42 Å². The lowest BCUT2D eigenvalue weighted by Crippen LogP contribution is -2.18. The van der Waals surface area contributed by atoms with Crippen LogP contribution in [-0.4, -0.2) is 45.6 Å². The highest BCUT2D eigenvalue weighted by Crippen LogP contribution is 1.92. The van der Waals surface area contributed by atoms with Crippen LogP contribution < -0.4 is 5.73 Å². The molecule has 0 unspecified atom stereocenters. The summed E-state index contributed by atoms with van der Waals surface area (Å²) in [7, 11) is -3.01. The third-order valence-electron chi connectivity index (χ3n) is 1.19. The van der Waals surface area contributed by atoms with Gasteiger partial charge in [0.2, 0.25) is 0 Å². The van der Waals surface area contributed by atoms with Crippen LogP contribution in [0, 0.1) is 0 Å². The van der Waals surface area contributed by atoms with Gasteiger partial charge in [0.05, 0.1) is 24.7 Å². The first-order chi connectivity index (χ1) is 5.62. The van der Waals surface area contributed by atoms with Crippen molar-refractivity contribution in [3.8, 4) is 0 Å². The largest absolute Gasteiger partial charge is 0.379 e. The summed E-state index contributed by atoms with van der Waals surface area (Å²) in [5.74, 6) is 0.180. The molecule has 0 amide bonds. The van der Waals surface area contributed by atoms with E-state index in [-0.39, 0.29) is 36.4 Å². The lowest BCUT2D eigenvalue weighted by molar-refractivity contribution is 0.157. The lowest BCUT2D eigenvalue weighted by atomic mass is 10.7. The third kappa shape index (κ3) is 10.4. The summed E-state index contributed by atoms with van der Waals surface area (Å²) in [4.78, 5) is 0. The van der Waals surface area contributed by atoms with Crippen molar-refractivity contribution in [2.45, 2.75) is 0 Å². The van der Waals surface area contributed by atoms with Crippen LogP contribution in [0.2, 0.25) is 0 Å². The van der Waals surface area contributed by atoms with E-state index >= 15 is 0 Å². The van der Waals surface area contributed by atoms with E-state index in [1.54, 1.807) is 0 Å². The van der Waals surface area contributed by atoms with E-state index in [2.05, 4.69) is 0 Å². The van der Waals surface area contributed by atoms with Crippen molar-refractivity contribution in [1.82, 2.24) is 0 Å². The first kappa shape index (κ1) is 15.9. The average Bonchev–Trinajstić information content (AvgIpc) is 1.98. The fraction of sp³-hybridized carbons (Fsp3) is 1.00. The molecule has 0 aliphatic rings. The molecule has 0 atom stereocenters. The Bertz CT molecular complexity index is 196. The molecule has 0 aliphatic carbocycles. The Labute approximate surface area is 90.1 Å². The molecule has 13 heavy (non-hydrogen) atoms. The molecule has 7 heteroatoms. The van der Waals surface area contributed by atoms with Gasteiger partial charge in [0.25, 0.3) is 0 Å². The number of halogens is 2. The Morgan fingerprint density at radius 3 is 2.31 bits per heavy atom. The Hall–Kier alpha value is 0.450. The van der Waals surface area contributed by atoms with Gasteiger partial charge in [0, 0.05) is 12.4 Å². The normalized spacial score (nSPS) is 10.9. The zero-order chi connectivity index (χ0) is 9.45. The Morgan fingerprint density at radius 2 is 1.85 bits per heavy atom. The number of sulfone groups is 1. The van der Waals surface area contributed by atoms with Gasteiger partial charge in [-0.2, -0.15) is 0 Å². The molecule has 4 nitrogen and oxygen atoms in total. The number of hydrogen-bond donors (Lipinski definition) is 1. The summed E-state index contributed by atoms with van der Waals surface area (Å²) in [6.45, 7) is 1.02. The second kappa shape index (κ2) is 9.02. The summed E-state index contributed by atoms with van der Waals surface area (Å²) in [6.07, 6.45) is 0. The van der Waals surface area contributed by atoms with Crippen LogP contribution in [0.4, 0.5) is 0 Å². The number of rotatable bonds is 7. The summed E-state index contributed by atoms with van der Waals surface area (Å²) in [5, 5.41) is 0. The van der Waals surface area contributed by atoms with E-state index in [1.807, 2.05) is 0 Å². The van der Waals surface area contributed by atoms with Crippen LogP contribution in [0.15, 0.2) is 0 Å². The van der Waals surface area contributed by atoms with Crippen molar-refractivity contribution in [2.24, 2.45) is 5.73 Å². The van der Waals surface area contributed by atoms with E-state index in [0.717, 1.165) is 0 Å². The van der Waals surface area contributed by atoms with E-state index < -0.39 is 9.84 Å². The number of hydrogen-bond acceptors (Lipinski definition) is 4. The van der Waals surface area contributed by atoms with Crippen LogP contribution >= 0.6 is 24.0 Å². The van der Waals surface area contributed by atoms with Crippen molar-refractivity contribution in [3.05, 3.63) is 0 Å². The SMILES string of the molecule is Cl.NCCOCCS(=O)(=O)CCCl. The Morgan fingerprint density at radius 1 is 1.23 bits per heavy atom. The average molecular weight is 252 g/mol. The molecule has 0 radical (unpaired) electrons. The van der Waals surface area contributed by atoms with Crippen molar-refractivity contribution in [3.63, 3.8) is 0 Å². The minimum Gasteiger partial charge on any atom is -0.379 e. The second-order valence-electron chi connectivity index (χ2n) is 2.24. The van der Waals surface area contributed by atoms with Gasteiger partial charge in [0.1, 0.15) is 0 Å². The summed E-state index contributed by atoms with van der Waals surface area (Å²) >= 11 is 5.29. The van der Waals surface area contributed by atoms with Gasteiger partial charge in [-0.15, -0.1) is 24.0 Å². The number of alkyl halides is 1. The topological polar surface area (TPSA) is 69.4 Å². The van der Waals surface area contributed by atoms with Gasteiger partial charge >= 0.3 is 0 Å². The minimum absolute atomic E-state index is 0. The maximum atomic E-state index is 11.0. The summed E-state index contributed by atoms with van der Waals surface area (Å²) < 4.78 is 26.9. The summed E-state index contributed by atoms with van der Waals surface area (Å²) in [6, 6.07) is 0. The molecule has 0 heterocycles. The monoisotopic (exact) mass is 251 g/mol. The first-order valence-electron chi connectivity index (χ1n) is 3.66. The molecule has 0 aliphatic heterocycles. The third-order valence-corrected chi connectivity index (χ3v) is 3.22. The highest BCUT2D eigenvalue weighted by atomic mass is 35.5. The molecule has 0 rings (SSSR count). The van der Waals surface area contributed by atoms with Gasteiger partial charge in [-0.25, -0.2) is 8.42 Å². The van der Waals surface area contributed by atoms with E-state index in [0.29, 0.717) is 13.2 Å². The molecular weight excluding hydrogens is 237 g/mol. The number of ether oxygens (including phenoxy) is 1. The predicted molar refractivity (Wildman–Crippen MR) is 56.5 cm³/mol. The van der Waals surface area contributed by atoms with Crippen LogP contribution in [0.5, 0.6) is 0 Å².